The summed E-state index contributed by atoms with van der Waals surface area (Å²) in [6.07, 6.45) is 1.17. The first-order valence-electron chi connectivity index (χ1n) is 6.11. The second-order valence-corrected chi connectivity index (χ2v) is 8.02. The van der Waals surface area contributed by atoms with E-state index in [-0.39, 0.29) is 10.8 Å². The molecule has 0 fully saturated rings. The Hall–Kier alpha value is -0.0800. The molecule has 0 saturated heterocycles. The second-order valence-electron chi connectivity index (χ2n) is 8.02. The third kappa shape index (κ3) is 5.31. The molecule has 16 heavy (non-hydrogen) atoms. The second kappa shape index (κ2) is 4.30. The van der Waals surface area contributed by atoms with Crippen LogP contribution in [-0.4, -0.2) is 21.4 Å². The highest BCUT2D eigenvalue weighted by molar-refractivity contribution is 4.97. The fourth-order valence-corrected chi connectivity index (χ4v) is 2.45. The van der Waals surface area contributed by atoms with Crippen molar-refractivity contribution in [2.75, 3.05) is 0 Å². The molecule has 0 heterocycles. The summed E-state index contributed by atoms with van der Waals surface area (Å²) < 4.78 is 0. The van der Waals surface area contributed by atoms with Crippen LogP contribution < -0.4 is 0 Å². The van der Waals surface area contributed by atoms with Crippen LogP contribution >= 0.6 is 0 Å². The minimum Gasteiger partial charge on any atom is -0.387 e. The van der Waals surface area contributed by atoms with Crippen molar-refractivity contribution in [3.05, 3.63) is 0 Å². The van der Waals surface area contributed by atoms with E-state index in [9.17, 15) is 10.2 Å². The van der Waals surface area contributed by atoms with Gasteiger partial charge in [-0.2, -0.15) is 0 Å². The molecule has 2 heteroatoms. The molecule has 0 rings (SSSR count). The minimum absolute atomic E-state index is 0.00533. The Morgan fingerprint density at radius 1 is 0.562 bits per heavy atom. The molecule has 98 valence electrons. The lowest BCUT2D eigenvalue weighted by atomic mass is 9.69. The molecule has 0 aromatic carbocycles. The van der Waals surface area contributed by atoms with E-state index in [1.54, 1.807) is 13.8 Å². The predicted molar refractivity (Wildman–Crippen MR) is 69.4 cm³/mol. The van der Waals surface area contributed by atoms with Crippen LogP contribution in [0.15, 0.2) is 0 Å². The third-order valence-electron chi connectivity index (χ3n) is 2.91. The van der Waals surface area contributed by atoms with Gasteiger partial charge in [0.1, 0.15) is 0 Å². The molecule has 0 aromatic rings. The Morgan fingerprint density at radius 2 is 0.750 bits per heavy atom. The lowest BCUT2D eigenvalue weighted by molar-refractivity contribution is -0.161. The van der Waals surface area contributed by atoms with Gasteiger partial charge in [0.15, 0.2) is 0 Å². The SMILES string of the molecule is CC(C)(C)C[C@@](C)(O)[C@](C)(O)CC(C)(C)C. The van der Waals surface area contributed by atoms with Gasteiger partial charge in [-0.25, -0.2) is 0 Å². The van der Waals surface area contributed by atoms with Crippen molar-refractivity contribution in [2.45, 2.75) is 79.4 Å². The standard InChI is InChI=1S/C14H30O2/c1-11(2,3)9-13(7,15)14(8,16)10-12(4,5)6/h15-16H,9-10H2,1-8H3/t13-,14-/m1/s1. The molecule has 0 radical (unpaired) electrons. The van der Waals surface area contributed by atoms with Gasteiger partial charge in [0.2, 0.25) is 0 Å². The highest BCUT2D eigenvalue weighted by Crippen LogP contribution is 2.40. The Labute approximate surface area is 101 Å². The fourth-order valence-electron chi connectivity index (χ4n) is 2.45. The van der Waals surface area contributed by atoms with Gasteiger partial charge in [-0.15, -0.1) is 0 Å². The largest absolute Gasteiger partial charge is 0.387 e. The van der Waals surface area contributed by atoms with Gasteiger partial charge in [0.25, 0.3) is 0 Å². The van der Waals surface area contributed by atoms with Gasteiger partial charge in [0.05, 0.1) is 11.2 Å². The van der Waals surface area contributed by atoms with Gasteiger partial charge in [0, 0.05) is 0 Å². The van der Waals surface area contributed by atoms with Crippen LogP contribution in [0, 0.1) is 10.8 Å². The Morgan fingerprint density at radius 3 is 0.875 bits per heavy atom. The molecular formula is C14H30O2. The molecule has 0 aliphatic rings. The number of hydrogen-bond acceptors (Lipinski definition) is 2. The topological polar surface area (TPSA) is 40.5 Å². The molecule has 0 aliphatic carbocycles. The molecule has 0 amide bonds. The van der Waals surface area contributed by atoms with Gasteiger partial charge in [-0.3, -0.25) is 0 Å². The average molecular weight is 230 g/mol. The van der Waals surface area contributed by atoms with E-state index in [1.165, 1.54) is 0 Å². The zero-order valence-electron chi connectivity index (χ0n) is 12.3. The molecule has 0 saturated carbocycles. The lowest BCUT2D eigenvalue weighted by Crippen LogP contribution is -2.53. The van der Waals surface area contributed by atoms with Crippen molar-refractivity contribution in [2.24, 2.45) is 10.8 Å². The van der Waals surface area contributed by atoms with Crippen LogP contribution in [0.25, 0.3) is 0 Å². The van der Waals surface area contributed by atoms with Crippen molar-refractivity contribution in [3.63, 3.8) is 0 Å². The van der Waals surface area contributed by atoms with E-state index in [0.29, 0.717) is 12.8 Å². The fraction of sp³-hybridized carbons (Fsp3) is 1.00. The maximum Gasteiger partial charge on any atom is 0.0907 e. The van der Waals surface area contributed by atoms with Gasteiger partial charge in [-0.1, -0.05) is 41.5 Å². The van der Waals surface area contributed by atoms with Gasteiger partial charge >= 0.3 is 0 Å². The molecule has 0 bridgehead atoms. The van der Waals surface area contributed by atoms with Crippen LogP contribution in [0.5, 0.6) is 0 Å². The highest BCUT2D eigenvalue weighted by Gasteiger charge is 2.45. The number of rotatable bonds is 3. The maximum absolute atomic E-state index is 10.5. The van der Waals surface area contributed by atoms with Crippen molar-refractivity contribution in [3.8, 4) is 0 Å². The molecule has 0 spiro atoms. The maximum atomic E-state index is 10.5. The average Bonchev–Trinajstić information content (AvgIpc) is 1.72. The molecule has 0 unspecified atom stereocenters. The molecular weight excluding hydrogens is 200 g/mol. The van der Waals surface area contributed by atoms with Crippen LogP contribution in [0.1, 0.15) is 68.2 Å². The van der Waals surface area contributed by atoms with Crippen molar-refractivity contribution >= 4 is 0 Å². The monoisotopic (exact) mass is 230 g/mol. The summed E-state index contributed by atoms with van der Waals surface area (Å²) in [5.41, 5.74) is -2.10. The van der Waals surface area contributed by atoms with E-state index in [4.69, 9.17) is 0 Å². The Balaban J connectivity index is 4.85. The summed E-state index contributed by atoms with van der Waals surface area (Å²) in [4.78, 5) is 0. The zero-order valence-corrected chi connectivity index (χ0v) is 12.3. The summed E-state index contributed by atoms with van der Waals surface area (Å²) in [7, 11) is 0. The van der Waals surface area contributed by atoms with Gasteiger partial charge < -0.3 is 10.2 Å². The third-order valence-corrected chi connectivity index (χ3v) is 2.91. The summed E-state index contributed by atoms with van der Waals surface area (Å²) in [5, 5.41) is 21.0. The summed E-state index contributed by atoms with van der Waals surface area (Å²) in [5.74, 6) is 0. The van der Waals surface area contributed by atoms with E-state index in [1.807, 2.05) is 0 Å². The molecule has 0 aromatic heterocycles. The van der Waals surface area contributed by atoms with Crippen molar-refractivity contribution in [1.82, 2.24) is 0 Å². The van der Waals surface area contributed by atoms with E-state index in [2.05, 4.69) is 41.5 Å². The molecule has 2 atom stereocenters. The van der Waals surface area contributed by atoms with Crippen LogP contribution in [-0.2, 0) is 0 Å². The Kier molecular flexibility index (Phi) is 4.28. The quantitative estimate of drug-likeness (QED) is 0.780. The first kappa shape index (κ1) is 15.9. The van der Waals surface area contributed by atoms with E-state index in [0.717, 1.165) is 0 Å². The zero-order chi connectivity index (χ0) is 13.4. The van der Waals surface area contributed by atoms with Crippen LogP contribution in [0.4, 0.5) is 0 Å². The summed E-state index contributed by atoms with van der Waals surface area (Å²) >= 11 is 0. The minimum atomic E-state index is -1.06. The van der Waals surface area contributed by atoms with Crippen LogP contribution in [0.2, 0.25) is 0 Å². The molecule has 2 nitrogen and oxygen atoms in total. The normalized spacial score (nSPS) is 21.4. The first-order chi connectivity index (χ1) is 6.66. The predicted octanol–water partition coefficient (Wildman–Crippen LogP) is 3.36. The van der Waals surface area contributed by atoms with E-state index >= 15 is 0 Å². The summed E-state index contributed by atoms with van der Waals surface area (Å²) in [6, 6.07) is 0. The highest BCUT2D eigenvalue weighted by atomic mass is 16.4. The summed E-state index contributed by atoms with van der Waals surface area (Å²) in [6.45, 7) is 15.9. The molecule has 2 N–H and O–H groups in total. The van der Waals surface area contributed by atoms with Crippen LogP contribution in [0.3, 0.4) is 0 Å². The van der Waals surface area contributed by atoms with Crippen molar-refractivity contribution < 1.29 is 10.2 Å². The van der Waals surface area contributed by atoms with Gasteiger partial charge in [-0.05, 0) is 37.5 Å². The lowest BCUT2D eigenvalue weighted by Gasteiger charge is -2.45. The first-order valence-corrected chi connectivity index (χ1v) is 6.11. The van der Waals surface area contributed by atoms with E-state index < -0.39 is 11.2 Å². The number of aliphatic hydroxyl groups is 2. The molecule has 0 aliphatic heterocycles. The van der Waals surface area contributed by atoms with Crippen molar-refractivity contribution in [1.29, 1.82) is 0 Å². The Bertz CT molecular complexity index is 200. The number of hydrogen-bond donors (Lipinski definition) is 2. The smallest absolute Gasteiger partial charge is 0.0907 e.